The Bertz CT molecular complexity index is 875. The van der Waals surface area contributed by atoms with Gasteiger partial charge in [0.2, 0.25) is 0 Å². The molecule has 2 aromatic heterocycles. The number of non-ortho nitro benzene ring substituents is 1. The lowest BCUT2D eigenvalue weighted by atomic mass is 10.1. The predicted octanol–water partition coefficient (Wildman–Crippen LogP) is 2.93. The number of pyridine rings is 1. The van der Waals surface area contributed by atoms with Crippen molar-refractivity contribution in [2.75, 3.05) is 36.0 Å². The first-order valence-corrected chi connectivity index (χ1v) is 8.52. The Morgan fingerprint density at radius 1 is 1.04 bits per heavy atom. The number of hydrogen-bond acceptors (Lipinski definition) is 7. The molecule has 0 bridgehead atoms. The van der Waals surface area contributed by atoms with Crippen LogP contribution in [0.25, 0.3) is 10.8 Å². The summed E-state index contributed by atoms with van der Waals surface area (Å²) in [5.41, 5.74) is 1.13. The zero-order valence-corrected chi connectivity index (χ0v) is 13.6. The van der Waals surface area contributed by atoms with Gasteiger partial charge < -0.3 is 9.80 Å². The summed E-state index contributed by atoms with van der Waals surface area (Å²) in [7, 11) is 0. The van der Waals surface area contributed by atoms with Crippen LogP contribution in [0.4, 0.5) is 16.5 Å². The van der Waals surface area contributed by atoms with Crippen LogP contribution in [0.3, 0.4) is 0 Å². The average molecular weight is 341 g/mol. The first-order valence-electron chi connectivity index (χ1n) is 7.64. The lowest BCUT2D eigenvalue weighted by molar-refractivity contribution is -0.383. The fourth-order valence-electron chi connectivity index (χ4n) is 3.11. The highest BCUT2D eigenvalue weighted by Gasteiger charge is 2.22. The molecule has 0 amide bonds. The van der Waals surface area contributed by atoms with Crippen LogP contribution in [0.15, 0.2) is 42.2 Å². The number of fused-ring (bicyclic) bond motifs is 1. The number of nitro benzene ring substituents is 1. The van der Waals surface area contributed by atoms with Gasteiger partial charge in [-0.1, -0.05) is 0 Å². The Labute approximate surface area is 142 Å². The monoisotopic (exact) mass is 341 g/mol. The zero-order chi connectivity index (χ0) is 16.5. The summed E-state index contributed by atoms with van der Waals surface area (Å²) in [4.78, 5) is 23.8. The molecule has 0 unspecified atom stereocenters. The Hall–Kier alpha value is -2.74. The summed E-state index contributed by atoms with van der Waals surface area (Å²) in [6, 6.07) is 5.27. The van der Waals surface area contributed by atoms with Crippen molar-refractivity contribution < 1.29 is 4.92 Å². The van der Waals surface area contributed by atoms with Crippen molar-refractivity contribution in [2.45, 2.75) is 0 Å². The van der Waals surface area contributed by atoms with E-state index in [0.29, 0.717) is 5.39 Å². The Balaban J connectivity index is 1.64. The molecule has 1 saturated heterocycles. The molecule has 1 fully saturated rings. The van der Waals surface area contributed by atoms with Crippen molar-refractivity contribution >= 4 is 38.6 Å². The second-order valence-electron chi connectivity index (χ2n) is 5.57. The number of aromatic nitrogens is 2. The van der Waals surface area contributed by atoms with Crippen molar-refractivity contribution in [1.29, 1.82) is 0 Å². The number of nitro groups is 1. The number of nitrogens with zero attached hydrogens (tertiary/aromatic N) is 5. The fourth-order valence-corrected chi connectivity index (χ4v) is 3.80. The highest BCUT2D eigenvalue weighted by molar-refractivity contribution is 7.13. The molecule has 0 saturated carbocycles. The van der Waals surface area contributed by atoms with Crippen LogP contribution in [-0.2, 0) is 0 Å². The molecule has 122 valence electrons. The number of thiazole rings is 1. The van der Waals surface area contributed by atoms with Crippen molar-refractivity contribution in [3.05, 3.63) is 52.3 Å². The normalized spacial score (nSPS) is 15.0. The van der Waals surface area contributed by atoms with E-state index in [1.165, 1.54) is 0 Å². The fraction of sp³-hybridized carbons (Fsp3) is 0.250. The molecule has 0 N–H and O–H groups in total. The quantitative estimate of drug-likeness (QED) is 0.538. The summed E-state index contributed by atoms with van der Waals surface area (Å²) in [6.07, 6.45) is 5.08. The van der Waals surface area contributed by atoms with Crippen LogP contribution in [-0.4, -0.2) is 41.1 Å². The SMILES string of the molecule is O=[N+]([O-])c1ccc(N2CCN(c3nccs3)CC2)c2ccncc12. The van der Waals surface area contributed by atoms with E-state index in [-0.39, 0.29) is 10.6 Å². The van der Waals surface area contributed by atoms with Gasteiger partial charge in [0, 0.05) is 67.3 Å². The molecule has 3 heterocycles. The maximum atomic E-state index is 11.2. The van der Waals surface area contributed by atoms with E-state index in [4.69, 9.17) is 0 Å². The second kappa shape index (κ2) is 6.04. The second-order valence-corrected chi connectivity index (χ2v) is 6.44. The Morgan fingerprint density at radius 2 is 1.83 bits per heavy atom. The van der Waals surface area contributed by atoms with Gasteiger partial charge in [0.15, 0.2) is 5.13 Å². The third-order valence-electron chi connectivity index (χ3n) is 4.28. The third kappa shape index (κ3) is 2.54. The molecule has 0 radical (unpaired) electrons. The van der Waals surface area contributed by atoms with Gasteiger partial charge >= 0.3 is 0 Å². The lowest BCUT2D eigenvalue weighted by Crippen LogP contribution is -2.46. The molecule has 3 aromatic rings. The van der Waals surface area contributed by atoms with Crippen LogP contribution in [0.1, 0.15) is 0 Å². The third-order valence-corrected chi connectivity index (χ3v) is 5.11. The minimum atomic E-state index is -0.353. The van der Waals surface area contributed by atoms with Gasteiger partial charge in [0.05, 0.1) is 10.3 Å². The zero-order valence-electron chi connectivity index (χ0n) is 12.8. The van der Waals surface area contributed by atoms with Gasteiger partial charge in [0.1, 0.15) is 0 Å². The number of piperazine rings is 1. The van der Waals surface area contributed by atoms with Crippen molar-refractivity contribution in [1.82, 2.24) is 9.97 Å². The number of hydrogen-bond donors (Lipinski definition) is 0. The topological polar surface area (TPSA) is 75.4 Å². The van der Waals surface area contributed by atoms with Crippen LogP contribution in [0, 0.1) is 10.1 Å². The minimum absolute atomic E-state index is 0.100. The van der Waals surface area contributed by atoms with Gasteiger partial charge in [0.25, 0.3) is 5.69 Å². The molecular weight excluding hydrogens is 326 g/mol. The minimum Gasteiger partial charge on any atom is -0.367 e. The molecule has 0 aliphatic carbocycles. The highest BCUT2D eigenvalue weighted by atomic mass is 32.1. The molecular formula is C16H15N5O2S. The van der Waals surface area contributed by atoms with Gasteiger partial charge in [-0.2, -0.15) is 0 Å². The standard InChI is InChI=1S/C16H15N5O2S/c22-21(23)15-2-1-14(12-3-4-17-11-13(12)15)19-6-8-20(9-7-19)16-18-5-10-24-16/h1-5,10-11H,6-9H2. The van der Waals surface area contributed by atoms with E-state index in [2.05, 4.69) is 19.8 Å². The molecule has 0 atom stereocenters. The summed E-state index contributed by atoms with van der Waals surface area (Å²) in [5.74, 6) is 0. The Kier molecular flexibility index (Phi) is 3.73. The van der Waals surface area contributed by atoms with Crippen molar-refractivity contribution in [3.63, 3.8) is 0 Å². The largest absolute Gasteiger partial charge is 0.367 e. The van der Waals surface area contributed by atoms with E-state index in [1.54, 1.807) is 29.8 Å². The predicted molar refractivity (Wildman–Crippen MR) is 94.9 cm³/mol. The first kappa shape index (κ1) is 14.8. The Morgan fingerprint density at radius 3 is 2.54 bits per heavy atom. The van der Waals surface area contributed by atoms with Gasteiger partial charge in [-0.15, -0.1) is 11.3 Å². The van der Waals surface area contributed by atoms with Gasteiger partial charge in [-0.05, 0) is 12.1 Å². The highest BCUT2D eigenvalue weighted by Crippen LogP contribution is 2.33. The first-order chi connectivity index (χ1) is 11.7. The van der Waals surface area contributed by atoms with E-state index in [9.17, 15) is 10.1 Å². The van der Waals surface area contributed by atoms with Crippen molar-refractivity contribution in [3.8, 4) is 0 Å². The molecule has 0 spiro atoms. The summed E-state index contributed by atoms with van der Waals surface area (Å²) in [5, 5.41) is 15.7. The number of benzene rings is 1. The molecule has 24 heavy (non-hydrogen) atoms. The summed E-state index contributed by atoms with van der Waals surface area (Å²) >= 11 is 1.65. The van der Waals surface area contributed by atoms with Crippen molar-refractivity contribution in [2.24, 2.45) is 0 Å². The molecule has 1 aliphatic heterocycles. The van der Waals surface area contributed by atoms with E-state index in [0.717, 1.165) is 42.4 Å². The van der Waals surface area contributed by atoms with E-state index < -0.39 is 0 Å². The molecule has 8 heteroatoms. The summed E-state index contributed by atoms with van der Waals surface area (Å²) in [6.45, 7) is 3.48. The molecule has 1 aliphatic rings. The summed E-state index contributed by atoms with van der Waals surface area (Å²) < 4.78 is 0. The van der Waals surface area contributed by atoms with Crippen LogP contribution in [0.2, 0.25) is 0 Å². The van der Waals surface area contributed by atoms with Gasteiger partial charge in [-0.3, -0.25) is 15.1 Å². The molecule has 4 rings (SSSR count). The van der Waals surface area contributed by atoms with Crippen LogP contribution < -0.4 is 9.80 Å². The maximum absolute atomic E-state index is 11.2. The lowest BCUT2D eigenvalue weighted by Gasteiger charge is -2.36. The molecule has 7 nitrogen and oxygen atoms in total. The smallest absolute Gasteiger partial charge is 0.278 e. The number of rotatable bonds is 3. The van der Waals surface area contributed by atoms with E-state index >= 15 is 0 Å². The molecule has 1 aromatic carbocycles. The van der Waals surface area contributed by atoms with Crippen LogP contribution in [0.5, 0.6) is 0 Å². The van der Waals surface area contributed by atoms with Crippen LogP contribution >= 0.6 is 11.3 Å². The van der Waals surface area contributed by atoms with E-state index in [1.807, 2.05) is 23.7 Å². The number of anilines is 2. The maximum Gasteiger partial charge on any atom is 0.278 e. The average Bonchev–Trinajstić information content (AvgIpc) is 3.15. The van der Waals surface area contributed by atoms with Gasteiger partial charge in [-0.25, -0.2) is 4.98 Å².